The first-order valence-corrected chi connectivity index (χ1v) is 4.30. The van der Waals surface area contributed by atoms with Gasteiger partial charge in [0, 0.05) is 19.8 Å². The van der Waals surface area contributed by atoms with E-state index < -0.39 is 0 Å². The molecule has 65 valence electrons. The molecule has 12 heavy (non-hydrogen) atoms. The van der Waals surface area contributed by atoms with Crippen molar-refractivity contribution in [2.75, 3.05) is 19.0 Å². The van der Waals surface area contributed by atoms with Gasteiger partial charge in [0.1, 0.15) is 0 Å². The smallest absolute Gasteiger partial charge is 0.0393 e. The average molecular weight is 162 g/mol. The fourth-order valence-corrected chi connectivity index (χ4v) is 1.35. The minimum Gasteiger partial charge on any atom is -0.377 e. The highest BCUT2D eigenvalue weighted by Crippen LogP contribution is 2.18. The van der Waals surface area contributed by atoms with Crippen molar-refractivity contribution in [3.05, 3.63) is 36.8 Å². The molecule has 0 amide bonds. The van der Waals surface area contributed by atoms with E-state index in [0.717, 1.165) is 12.8 Å². The summed E-state index contributed by atoms with van der Waals surface area (Å²) in [4.78, 5) is 2.14. The van der Waals surface area contributed by atoms with E-state index in [1.807, 2.05) is 0 Å². The summed E-state index contributed by atoms with van der Waals surface area (Å²) >= 11 is 0. The molecule has 0 spiro atoms. The average Bonchev–Trinajstić information content (AvgIpc) is 2.05. The van der Waals surface area contributed by atoms with E-state index in [-0.39, 0.29) is 0 Å². The zero-order valence-electron chi connectivity index (χ0n) is 7.88. The standard InChI is InChI=1S/C11H16N/c1-4-7-10-8-5-6-9-11(10)12(2)3/h5-6,8-9H,1,4,7H2,2-3H3. The number of benzene rings is 1. The summed E-state index contributed by atoms with van der Waals surface area (Å²) in [6.07, 6.45) is 2.03. The molecule has 1 aromatic rings. The van der Waals surface area contributed by atoms with Crippen LogP contribution >= 0.6 is 0 Å². The van der Waals surface area contributed by atoms with Crippen molar-refractivity contribution in [3.63, 3.8) is 0 Å². The van der Waals surface area contributed by atoms with Gasteiger partial charge in [-0.1, -0.05) is 25.1 Å². The first-order valence-electron chi connectivity index (χ1n) is 4.30. The fraction of sp³-hybridized carbons (Fsp3) is 0.364. The highest BCUT2D eigenvalue weighted by atomic mass is 15.1. The Kier molecular flexibility index (Phi) is 3.15. The third-order valence-corrected chi connectivity index (χ3v) is 1.92. The second-order valence-electron chi connectivity index (χ2n) is 3.13. The number of hydrogen-bond donors (Lipinski definition) is 0. The Morgan fingerprint density at radius 3 is 2.50 bits per heavy atom. The van der Waals surface area contributed by atoms with Crippen LogP contribution in [0.25, 0.3) is 0 Å². The molecule has 0 N–H and O–H groups in total. The second kappa shape index (κ2) is 4.15. The Morgan fingerprint density at radius 2 is 1.92 bits per heavy atom. The largest absolute Gasteiger partial charge is 0.377 e. The van der Waals surface area contributed by atoms with Gasteiger partial charge in [-0.25, -0.2) is 0 Å². The molecule has 0 saturated carbocycles. The van der Waals surface area contributed by atoms with Crippen LogP contribution in [0.4, 0.5) is 5.69 Å². The Bertz CT molecular complexity index is 241. The number of aryl methyl sites for hydroxylation is 1. The zero-order chi connectivity index (χ0) is 8.97. The number of rotatable bonds is 3. The lowest BCUT2D eigenvalue weighted by Crippen LogP contribution is -2.10. The van der Waals surface area contributed by atoms with Crippen LogP contribution in [0.1, 0.15) is 12.0 Å². The number of nitrogens with zero attached hydrogens (tertiary/aromatic N) is 1. The van der Waals surface area contributed by atoms with Crippen LogP contribution in [-0.2, 0) is 6.42 Å². The first-order chi connectivity index (χ1) is 5.75. The van der Waals surface area contributed by atoms with Crippen molar-refractivity contribution in [1.29, 1.82) is 0 Å². The van der Waals surface area contributed by atoms with Crippen molar-refractivity contribution in [2.45, 2.75) is 12.8 Å². The van der Waals surface area contributed by atoms with Gasteiger partial charge in [-0.3, -0.25) is 0 Å². The lowest BCUT2D eigenvalue weighted by Gasteiger charge is -2.16. The van der Waals surface area contributed by atoms with E-state index in [2.05, 4.69) is 50.2 Å². The molecular weight excluding hydrogens is 146 g/mol. The summed E-state index contributed by atoms with van der Waals surface area (Å²) in [6, 6.07) is 8.46. The molecule has 1 heteroatoms. The van der Waals surface area contributed by atoms with Gasteiger partial charge in [0.05, 0.1) is 0 Å². The molecular formula is C11H16N. The van der Waals surface area contributed by atoms with Gasteiger partial charge in [-0.15, -0.1) is 0 Å². The summed E-state index contributed by atoms with van der Waals surface area (Å²) in [5.74, 6) is 0. The molecule has 0 aliphatic rings. The maximum Gasteiger partial charge on any atom is 0.0393 e. The van der Waals surface area contributed by atoms with Gasteiger partial charge in [-0.05, 0) is 24.5 Å². The Labute approximate surface area is 75.0 Å². The maximum atomic E-state index is 3.86. The van der Waals surface area contributed by atoms with Gasteiger partial charge in [0.2, 0.25) is 0 Å². The monoisotopic (exact) mass is 162 g/mol. The van der Waals surface area contributed by atoms with Crippen LogP contribution in [0.3, 0.4) is 0 Å². The highest BCUT2D eigenvalue weighted by Gasteiger charge is 2.00. The Hall–Kier alpha value is -0.980. The molecule has 1 radical (unpaired) electrons. The zero-order valence-corrected chi connectivity index (χ0v) is 7.88. The summed E-state index contributed by atoms with van der Waals surface area (Å²) in [5, 5.41) is 0. The van der Waals surface area contributed by atoms with E-state index in [4.69, 9.17) is 0 Å². The predicted octanol–water partition coefficient (Wildman–Crippen LogP) is 2.52. The third kappa shape index (κ3) is 2.00. The van der Waals surface area contributed by atoms with Crippen molar-refractivity contribution in [2.24, 2.45) is 0 Å². The van der Waals surface area contributed by atoms with Gasteiger partial charge in [0.25, 0.3) is 0 Å². The number of hydrogen-bond acceptors (Lipinski definition) is 1. The molecule has 0 unspecified atom stereocenters. The van der Waals surface area contributed by atoms with Crippen LogP contribution in [-0.4, -0.2) is 14.1 Å². The first kappa shape index (κ1) is 9.11. The van der Waals surface area contributed by atoms with Gasteiger partial charge in [0.15, 0.2) is 0 Å². The molecule has 0 fully saturated rings. The highest BCUT2D eigenvalue weighted by molar-refractivity contribution is 5.52. The summed E-state index contributed by atoms with van der Waals surface area (Å²) in [5.41, 5.74) is 2.69. The van der Waals surface area contributed by atoms with E-state index in [1.165, 1.54) is 11.3 Å². The van der Waals surface area contributed by atoms with Crippen LogP contribution in [0.2, 0.25) is 0 Å². The van der Waals surface area contributed by atoms with E-state index >= 15 is 0 Å². The number of para-hydroxylation sites is 1. The third-order valence-electron chi connectivity index (χ3n) is 1.92. The molecule has 0 aromatic heterocycles. The van der Waals surface area contributed by atoms with E-state index in [1.54, 1.807) is 0 Å². The lowest BCUT2D eigenvalue weighted by molar-refractivity contribution is 0.978. The normalized spacial score (nSPS) is 9.92. The van der Waals surface area contributed by atoms with Crippen LogP contribution in [0, 0.1) is 6.92 Å². The summed E-state index contributed by atoms with van der Waals surface area (Å²) in [7, 11) is 4.14. The lowest BCUT2D eigenvalue weighted by atomic mass is 10.1. The quantitative estimate of drug-likeness (QED) is 0.660. The minimum atomic E-state index is 0.963. The minimum absolute atomic E-state index is 0.963. The Balaban J connectivity index is 2.92. The Morgan fingerprint density at radius 1 is 1.25 bits per heavy atom. The van der Waals surface area contributed by atoms with E-state index in [0.29, 0.717) is 0 Å². The molecule has 1 rings (SSSR count). The van der Waals surface area contributed by atoms with Crippen molar-refractivity contribution in [1.82, 2.24) is 0 Å². The molecule has 0 heterocycles. The van der Waals surface area contributed by atoms with E-state index in [9.17, 15) is 0 Å². The van der Waals surface area contributed by atoms with Crippen molar-refractivity contribution >= 4 is 5.69 Å². The molecule has 0 saturated heterocycles. The molecule has 1 aromatic carbocycles. The van der Waals surface area contributed by atoms with Crippen LogP contribution in [0.15, 0.2) is 24.3 Å². The van der Waals surface area contributed by atoms with Gasteiger partial charge in [-0.2, -0.15) is 0 Å². The summed E-state index contributed by atoms with van der Waals surface area (Å²) < 4.78 is 0. The van der Waals surface area contributed by atoms with Crippen molar-refractivity contribution in [3.8, 4) is 0 Å². The predicted molar refractivity (Wildman–Crippen MR) is 54.4 cm³/mol. The van der Waals surface area contributed by atoms with Crippen molar-refractivity contribution < 1.29 is 0 Å². The van der Waals surface area contributed by atoms with Crippen LogP contribution in [0.5, 0.6) is 0 Å². The SMILES string of the molecule is [CH2]CCc1ccccc1N(C)C. The topological polar surface area (TPSA) is 3.24 Å². The van der Waals surface area contributed by atoms with Gasteiger partial charge < -0.3 is 4.90 Å². The fourth-order valence-electron chi connectivity index (χ4n) is 1.35. The molecule has 0 aliphatic carbocycles. The molecule has 0 aliphatic heterocycles. The molecule has 1 nitrogen and oxygen atoms in total. The van der Waals surface area contributed by atoms with Gasteiger partial charge >= 0.3 is 0 Å². The molecule has 0 bridgehead atoms. The number of anilines is 1. The summed E-state index contributed by atoms with van der Waals surface area (Å²) in [6.45, 7) is 3.86. The molecule has 0 atom stereocenters. The second-order valence-corrected chi connectivity index (χ2v) is 3.13. The maximum absolute atomic E-state index is 3.86. The van der Waals surface area contributed by atoms with Crippen LogP contribution < -0.4 is 4.90 Å².